The number of rotatable bonds is 2. The molecule has 0 spiro atoms. The first-order valence-electron chi connectivity index (χ1n) is 3.78. The Hall–Kier alpha value is -0.755. The molecule has 2 N–H and O–H groups in total. The molecule has 7 heteroatoms. The van der Waals surface area contributed by atoms with Crippen molar-refractivity contribution >= 4 is 40.9 Å². The third-order valence-corrected chi connectivity index (χ3v) is 2.99. The second-order valence-electron chi connectivity index (χ2n) is 2.67. The Bertz CT molecular complexity index is 404. The maximum absolute atomic E-state index is 9.02. The zero-order valence-corrected chi connectivity index (χ0v) is 9.50. The number of nitrogens with zero attached hydrogens (tertiary/aromatic N) is 3. The Morgan fingerprint density at radius 1 is 1.50 bits per heavy atom. The predicted octanol–water partition coefficient (Wildman–Crippen LogP) is 1.22. The molecular weight excluding hydrogens is 296 g/mol. The molecule has 1 aromatic rings. The predicted molar refractivity (Wildman–Crippen MR) is 62.5 cm³/mol. The third kappa shape index (κ3) is 2.18. The van der Waals surface area contributed by atoms with Gasteiger partial charge in [0.25, 0.3) is 0 Å². The minimum absolute atomic E-state index is 0.223. The summed E-state index contributed by atoms with van der Waals surface area (Å²) in [7, 11) is -1.62. The van der Waals surface area contributed by atoms with Crippen LogP contribution in [-0.2, 0) is 0 Å². The SMILES string of the molecule is Cc1c(I)ccc(B(O)O)c1N=[N+]=[N-]. The van der Waals surface area contributed by atoms with Crippen LogP contribution in [0.25, 0.3) is 10.4 Å². The summed E-state index contributed by atoms with van der Waals surface area (Å²) in [4.78, 5) is 2.65. The summed E-state index contributed by atoms with van der Waals surface area (Å²) in [5, 5.41) is 21.5. The molecule has 0 bridgehead atoms. The molecule has 0 heterocycles. The van der Waals surface area contributed by atoms with Crippen molar-refractivity contribution in [1.82, 2.24) is 0 Å². The molecule has 0 aliphatic carbocycles. The Kier molecular flexibility index (Phi) is 3.76. The van der Waals surface area contributed by atoms with Gasteiger partial charge in [0.2, 0.25) is 0 Å². The minimum Gasteiger partial charge on any atom is -0.423 e. The van der Waals surface area contributed by atoms with E-state index in [4.69, 9.17) is 15.6 Å². The normalized spacial score (nSPS) is 9.43. The van der Waals surface area contributed by atoms with Gasteiger partial charge in [-0.15, -0.1) is 0 Å². The van der Waals surface area contributed by atoms with Crippen LogP contribution in [0.4, 0.5) is 5.69 Å². The van der Waals surface area contributed by atoms with E-state index in [2.05, 4.69) is 32.6 Å². The number of halogens is 1. The summed E-state index contributed by atoms with van der Waals surface area (Å²) in [5.41, 5.74) is 9.59. The Labute approximate surface area is 94.7 Å². The molecule has 1 aromatic carbocycles. The van der Waals surface area contributed by atoms with Crippen molar-refractivity contribution in [2.45, 2.75) is 6.92 Å². The Morgan fingerprint density at radius 2 is 2.14 bits per heavy atom. The van der Waals surface area contributed by atoms with Crippen LogP contribution in [0, 0.1) is 10.5 Å². The fourth-order valence-corrected chi connectivity index (χ4v) is 1.52. The van der Waals surface area contributed by atoms with Gasteiger partial charge >= 0.3 is 7.12 Å². The first-order valence-corrected chi connectivity index (χ1v) is 4.86. The van der Waals surface area contributed by atoms with Gasteiger partial charge in [0.1, 0.15) is 0 Å². The fraction of sp³-hybridized carbons (Fsp3) is 0.143. The summed E-state index contributed by atoms with van der Waals surface area (Å²) in [6.45, 7) is 1.76. The highest BCUT2D eigenvalue weighted by Crippen LogP contribution is 2.21. The van der Waals surface area contributed by atoms with Crippen molar-refractivity contribution in [2.24, 2.45) is 5.11 Å². The van der Waals surface area contributed by atoms with E-state index in [9.17, 15) is 0 Å². The van der Waals surface area contributed by atoms with Crippen molar-refractivity contribution < 1.29 is 10.0 Å². The summed E-state index contributed by atoms with van der Waals surface area (Å²) < 4.78 is 0.911. The van der Waals surface area contributed by atoms with Gasteiger partial charge < -0.3 is 10.0 Å². The molecule has 0 saturated carbocycles. The molecule has 0 saturated heterocycles. The van der Waals surface area contributed by atoms with Gasteiger partial charge in [-0.3, -0.25) is 0 Å². The third-order valence-electron chi connectivity index (χ3n) is 1.82. The second kappa shape index (κ2) is 4.65. The van der Waals surface area contributed by atoms with Gasteiger partial charge in [-0.2, -0.15) is 0 Å². The van der Waals surface area contributed by atoms with E-state index in [1.807, 2.05) is 0 Å². The zero-order chi connectivity index (χ0) is 10.7. The van der Waals surface area contributed by atoms with Crippen LogP contribution in [0.15, 0.2) is 17.2 Å². The number of hydrogen-bond donors (Lipinski definition) is 2. The molecule has 1 rings (SSSR count). The topological polar surface area (TPSA) is 89.2 Å². The van der Waals surface area contributed by atoms with Crippen molar-refractivity contribution in [1.29, 1.82) is 0 Å². The van der Waals surface area contributed by atoms with Crippen LogP contribution in [0.3, 0.4) is 0 Å². The van der Waals surface area contributed by atoms with Gasteiger partial charge in [-0.25, -0.2) is 0 Å². The molecule has 0 fully saturated rings. The highest BCUT2D eigenvalue weighted by atomic mass is 127. The van der Waals surface area contributed by atoms with E-state index in [1.165, 1.54) is 6.07 Å². The van der Waals surface area contributed by atoms with Crippen LogP contribution < -0.4 is 5.46 Å². The van der Waals surface area contributed by atoms with E-state index in [-0.39, 0.29) is 11.2 Å². The van der Waals surface area contributed by atoms with Gasteiger partial charge in [-0.1, -0.05) is 11.2 Å². The summed E-state index contributed by atoms with van der Waals surface area (Å²) >= 11 is 2.08. The molecule has 0 radical (unpaired) electrons. The molecular formula is C7H7BIN3O2. The summed E-state index contributed by atoms with van der Waals surface area (Å²) in [5.74, 6) is 0. The Balaban J connectivity index is 3.44. The Morgan fingerprint density at radius 3 is 2.64 bits per heavy atom. The van der Waals surface area contributed by atoms with Crippen LogP contribution in [-0.4, -0.2) is 17.2 Å². The van der Waals surface area contributed by atoms with Crippen molar-refractivity contribution in [3.8, 4) is 0 Å². The second-order valence-corrected chi connectivity index (χ2v) is 3.84. The lowest BCUT2D eigenvalue weighted by atomic mass is 9.78. The quantitative estimate of drug-likeness (QED) is 0.283. The van der Waals surface area contributed by atoms with Crippen molar-refractivity contribution in [3.05, 3.63) is 31.7 Å². The van der Waals surface area contributed by atoms with Crippen molar-refractivity contribution in [3.63, 3.8) is 0 Å². The van der Waals surface area contributed by atoms with E-state index in [1.54, 1.807) is 13.0 Å². The lowest BCUT2D eigenvalue weighted by Gasteiger charge is -2.08. The van der Waals surface area contributed by atoms with E-state index < -0.39 is 7.12 Å². The van der Waals surface area contributed by atoms with Crippen LogP contribution >= 0.6 is 22.6 Å². The van der Waals surface area contributed by atoms with E-state index >= 15 is 0 Å². The van der Waals surface area contributed by atoms with E-state index in [0.717, 1.165) is 9.13 Å². The maximum Gasteiger partial charge on any atom is 0.488 e. The lowest BCUT2D eigenvalue weighted by Crippen LogP contribution is -2.30. The van der Waals surface area contributed by atoms with Crippen LogP contribution in [0.1, 0.15) is 5.56 Å². The molecule has 0 unspecified atom stereocenters. The number of benzene rings is 1. The molecule has 0 atom stereocenters. The molecule has 14 heavy (non-hydrogen) atoms. The molecule has 72 valence electrons. The fourth-order valence-electron chi connectivity index (χ4n) is 1.08. The molecule has 0 amide bonds. The van der Waals surface area contributed by atoms with E-state index in [0.29, 0.717) is 0 Å². The van der Waals surface area contributed by atoms with Crippen LogP contribution in [0.2, 0.25) is 0 Å². The van der Waals surface area contributed by atoms with Gasteiger partial charge in [0, 0.05) is 14.2 Å². The molecule has 5 nitrogen and oxygen atoms in total. The first-order chi connectivity index (χ1) is 6.57. The van der Waals surface area contributed by atoms with Crippen LogP contribution in [0.5, 0.6) is 0 Å². The first kappa shape index (κ1) is 11.3. The standard InChI is InChI=1S/C7H7BIN3O2/c1-4-6(9)3-2-5(8(13)14)7(4)11-12-10/h2-3,13-14H,1H3. The van der Waals surface area contributed by atoms with Gasteiger partial charge in [-0.05, 0) is 52.1 Å². The molecule has 0 aromatic heterocycles. The monoisotopic (exact) mass is 303 g/mol. The van der Waals surface area contributed by atoms with Crippen molar-refractivity contribution in [2.75, 3.05) is 0 Å². The average molecular weight is 303 g/mol. The molecule has 0 aliphatic rings. The lowest BCUT2D eigenvalue weighted by molar-refractivity contribution is 0.426. The van der Waals surface area contributed by atoms with Gasteiger partial charge in [0.15, 0.2) is 0 Å². The average Bonchev–Trinajstić information content (AvgIpc) is 2.13. The smallest absolute Gasteiger partial charge is 0.423 e. The highest BCUT2D eigenvalue weighted by Gasteiger charge is 2.17. The minimum atomic E-state index is -1.62. The largest absolute Gasteiger partial charge is 0.488 e. The van der Waals surface area contributed by atoms with Gasteiger partial charge in [0.05, 0.1) is 0 Å². The number of hydrogen-bond acceptors (Lipinski definition) is 3. The zero-order valence-electron chi connectivity index (χ0n) is 7.35. The summed E-state index contributed by atoms with van der Waals surface area (Å²) in [6, 6.07) is 3.27. The maximum atomic E-state index is 9.02. The number of azide groups is 1. The molecule has 0 aliphatic heterocycles. The highest BCUT2D eigenvalue weighted by molar-refractivity contribution is 14.1. The summed E-state index contributed by atoms with van der Waals surface area (Å²) in [6.07, 6.45) is 0.